The Balaban J connectivity index is 1.71. The van der Waals surface area contributed by atoms with E-state index in [0.29, 0.717) is 6.42 Å². The van der Waals surface area contributed by atoms with Gasteiger partial charge in [0.1, 0.15) is 0 Å². The fourth-order valence-corrected chi connectivity index (χ4v) is 2.68. The van der Waals surface area contributed by atoms with E-state index >= 15 is 0 Å². The van der Waals surface area contributed by atoms with Crippen molar-refractivity contribution in [3.8, 4) is 0 Å². The van der Waals surface area contributed by atoms with E-state index < -0.39 is 0 Å². The highest BCUT2D eigenvalue weighted by atomic mass is 16.2. The summed E-state index contributed by atoms with van der Waals surface area (Å²) in [6, 6.07) is 9.68. The second kappa shape index (κ2) is 8.60. The van der Waals surface area contributed by atoms with Gasteiger partial charge in [0, 0.05) is 5.71 Å². The van der Waals surface area contributed by atoms with E-state index in [4.69, 9.17) is 0 Å². The number of anilines is 1. The summed E-state index contributed by atoms with van der Waals surface area (Å²) in [4.78, 5) is 12.0. The molecule has 0 spiro atoms. The highest BCUT2D eigenvalue weighted by molar-refractivity contribution is 6.12. The average Bonchev–Trinajstić information content (AvgIpc) is 2.88. The first-order valence-electron chi connectivity index (χ1n) is 8.25. The first-order valence-corrected chi connectivity index (χ1v) is 8.25. The smallest absolute Gasteiger partial charge is 0.253 e. The molecule has 3 nitrogen and oxygen atoms in total. The summed E-state index contributed by atoms with van der Waals surface area (Å²) < 4.78 is 0. The second-order valence-corrected chi connectivity index (χ2v) is 5.76. The lowest BCUT2D eigenvalue weighted by atomic mass is 10.1. The number of hydrazone groups is 1. The highest BCUT2D eigenvalue weighted by Gasteiger charge is 2.24. The number of amides is 1. The maximum Gasteiger partial charge on any atom is 0.253 e. The van der Waals surface area contributed by atoms with Gasteiger partial charge in [-0.25, -0.2) is 5.01 Å². The number of carbonyl (C=O) groups excluding carboxylic acids is 1. The summed E-state index contributed by atoms with van der Waals surface area (Å²) in [7, 11) is 0. The van der Waals surface area contributed by atoms with E-state index in [1.54, 1.807) is 5.01 Å². The summed E-state index contributed by atoms with van der Waals surface area (Å²) in [5.74, 6) is 0.0964. The minimum absolute atomic E-state index is 0.0964. The lowest BCUT2D eigenvalue weighted by molar-refractivity contribution is -0.116. The molecule has 0 bridgehead atoms. The monoisotopic (exact) mass is 286 g/mol. The fourth-order valence-electron chi connectivity index (χ4n) is 2.68. The third-order valence-electron chi connectivity index (χ3n) is 3.90. The Hall–Kier alpha value is -1.64. The first kappa shape index (κ1) is 15.7. The molecule has 0 atom stereocenters. The fraction of sp³-hybridized carbons (Fsp3) is 0.556. The number of unbranched alkanes of at least 4 members (excludes halogenated alkanes) is 6. The van der Waals surface area contributed by atoms with Gasteiger partial charge < -0.3 is 0 Å². The van der Waals surface area contributed by atoms with Crippen LogP contribution in [0.4, 0.5) is 5.69 Å². The number of nitrogens with zero attached hydrogens (tertiary/aromatic N) is 2. The molecule has 1 aliphatic heterocycles. The van der Waals surface area contributed by atoms with Crippen LogP contribution in [0, 0.1) is 0 Å². The lowest BCUT2D eigenvalue weighted by Gasteiger charge is -2.10. The molecule has 0 saturated heterocycles. The first-order chi connectivity index (χ1) is 10.3. The molecule has 0 saturated carbocycles. The molecule has 0 fully saturated rings. The second-order valence-electron chi connectivity index (χ2n) is 5.76. The Morgan fingerprint density at radius 2 is 1.67 bits per heavy atom. The van der Waals surface area contributed by atoms with Gasteiger partial charge in [-0.3, -0.25) is 4.79 Å². The zero-order valence-corrected chi connectivity index (χ0v) is 13.1. The van der Waals surface area contributed by atoms with Gasteiger partial charge in [-0.1, -0.05) is 63.6 Å². The molecule has 2 rings (SSSR count). The quantitative estimate of drug-likeness (QED) is 0.593. The molecule has 0 unspecified atom stereocenters. The van der Waals surface area contributed by atoms with Crippen LogP contribution in [0.2, 0.25) is 0 Å². The maximum atomic E-state index is 12.0. The van der Waals surface area contributed by atoms with Crippen LogP contribution in [-0.2, 0) is 4.79 Å². The van der Waals surface area contributed by atoms with E-state index in [1.165, 1.54) is 38.5 Å². The molecular formula is C18H26N2O. The van der Waals surface area contributed by atoms with E-state index in [0.717, 1.165) is 24.2 Å². The molecule has 1 aromatic rings. The van der Waals surface area contributed by atoms with Crippen LogP contribution < -0.4 is 5.01 Å². The number of para-hydroxylation sites is 1. The molecule has 0 aliphatic carbocycles. The van der Waals surface area contributed by atoms with Crippen LogP contribution in [0.25, 0.3) is 0 Å². The van der Waals surface area contributed by atoms with Crippen molar-refractivity contribution in [2.45, 2.75) is 64.7 Å². The van der Waals surface area contributed by atoms with Crippen molar-refractivity contribution < 1.29 is 4.79 Å². The van der Waals surface area contributed by atoms with Crippen LogP contribution in [0.15, 0.2) is 35.4 Å². The van der Waals surface area contributed by atoms with Crippen molar-refractivity contribution in [2.24, 2.45) is 5.10 Å². The summed E-state index contributed by atoms with van der Waals surface area (Å²) in [6.07, 6.45) is 10.5. The maximum absolute atomic E-state index is 12.0. The van der Waals surface area contributed by atoms with Crippen LogP contribution in [0.1, 0.15) is 64.7 Å². The Morgan fingerprint density at radius 3 is 2.38 bits per heavy atom. The minimum Gasteiger partial charge on any atom is -0.272 e. The minimum atomic E-state index is 0.0964. The Kier molecular flexibility index (Phi) is 6.45. The number of benzene rings is 1. The predicted octanol–water partition coefficient (Wildman–Crippen LogP) is 4.92. The topological polar surface area (TPSA) is 32.7 Å². The third kappa shape index (κ3) is 5.00. The highest BCUT2D eigenvalue weighted by Crippen LogP contribution is 2.21. The summed E-state index contributed by atoms with van der Waals surface area (Å²) in [5.41, 5.74) is 1.91. The van der Waals surface area contributed by atoms with Gasteiger partial charge >= 0.3 is 0 Å². The standard InChI is InChI=1S/C18H26N2O/c1-2-3-4-5-6-7-9-12-16-15-18(21)20(19-16)17-13-10-8-11-14-17/h8,10-11,13-14H,2-7,9,12,15H2,1H3. The Bertz CT molecular complexity index is 467. The van der Waals surface area contributed by atoms with Gasteiger partial charge in [-0.2, -0.15) is 5.10 Å². The normalized spacial score (nSPS) is 14.6. The van der Waals surface area contributed by atoms with Gasteiger partial charge in [0.2, 0.25) is 0 Å². The van der Waals surface area contributed by atoms with Crippen molar-refractivity contribution in [1.29, 1.82) is 0 Å². The van der Waals surface area contributed by atoms with E-state index in [2.05, 4.69) is 12.0 Å². The zero-order valence-electron chi connectivity index (χ0n) is 13.1. The average molecular weight is 286 g/mol. The summed E-state index contributed by atoms with van der Waals surface area (Å²) in [6.45, 7) is 2.24. The van der Waals surface area contributed by atoms with Crippen LogP contribution in [-0.4, -0.2) is 11.6 Å². The molecular weight excluding hydrogens is 260 g/mol. The summed E-state index contributed by atoms with van der Waals surface area (Å²) in [5, 5.41) is 6.04. The van der Waals surface area contributed by atoms with Crippen molar-refractivity contribution in [2.75, 3.05) is 5.01 Å². The molecule has 1 amide bonds. The molecule has 0 N–H and O–H groups in total. The Morgan fingerprint density at radius 1 is 1.00 bits per heavy atom. The van der Waals surface area contributed by atoms with Gasteiger partial charge in [0.15, 0.2) is 0 Å². The van der Waals surface area contributed by atoms with Crippen LogP contribution in [0.3, 0.4) is 0 Å². The van der Waals surface area contributed by atoms with E-state index in [1.807, 2.05) is 30.3 Å². The van der Waals surface area contributed by atoms with Crippen molar-refractivity contribution >= 4 is 17.3 Å². The molecule has 0 radical (unpaired) electrons. The lowest BCUT2D eigenvalue weighted by Crippen LogP contribution is -2.19. The number of hydrogen-bond acceptors (Lipinski definition) is 2. The van der Waals surface area contributed by atoms with Gasteiger partial charge in [-0.15, -0.1) is 0 Å². The van der Waals surface area contributed by atoms with Crippen LogP contribution >= 0.6 is 0 Å². The van der Waals surface area contributed by atoms with Crippen molar-refractivity contribution in [3.05, 3.63) is 30.3 Å². The van der Waals surface area contributed by atoms with Gasteiger partial charge in [0.25, 0.3) is 5.91 Å². The molecule has 114 valence electrons. The molecule has 3 heteroatoms. The number of carbonyl (C=O) groups is 1. The number of hydrogen-bond donors (Lipinski definition) is 0. The third-order valence-corrected chi connectivity index (χ3v) is 3.90. The molecule has 21 heavy (non-hydrogen) atoms. The zero-order chi connectivity index (χ0) is 14.9. The molecule has 1 aromatic carbocycles. The van der Waals surface area contributed by atoms with Crippen molar-refractivity contribution in [3.63, 3.8) is 0 Å². The largest absolute Gasteiger partial charge is 0.272 e. The molecule has 1 heterocycles. The Labute approximate surface area is 128 Å². The van der Waals surface area contributed by atoms with Gasteiger partial charge in [0.05, 0.1) is 12.1 Å². The number of rotatable bonds is 9. The SMILES string of the molecule is CCCCCCCCCC1=NN(c2ccccc2)C(=O)C1. The molecule has 0 aromatic heterocycles. The van der Waals surface area contributed by atoms with E-state index in [-0.39, 0.29) is 5.91 Å². The summed E-state index contributed by atoms with van der Waals surface area (Å²) >= 11 is 0. The van der Waals surface area contributed by atoms with Crippen LogP contribution in [0.5, 0.6) is 0 Å². The molecule has 1 aliphatic rings. The van der Waals surface area contributed by atoms with E-state index in [9.17, 15) is 4.79 Å². The van der Waals surface area contributed by atoms with Gasteiger partial charge in [-0.05, 0) is 25.0 Å². The van der Waals surface area contributed by atoms with Crippen molar-refractivity contribution in [1.82, 2.24) is 0 Å². The predicted molar refractivity (Wildman–Crippen MR) is 88.6 cm³/mol.